The number of halogens is 1. The normalized spacial score (nSPS) is 35.3. The van der Waals surface area contributed by atoms with Crippen LogP contribution in [0.5, 0.6) is 0 Å². The first-order chi connectivity index (χ1) is 5.10. The Bertz CT molecular complexity index is 202. The van der Waals surface area contributed by atoms with Crippen molar-refractivity contribution < 1.29 is 14.6 Å². The van der Waals surface area contributed by atoms with Gasteiger partial charge in [0.1, 0.15) is 11.5 Å². The van der Waals surface area contributed by atoms with E-state index in [-0.39, 0.29) is 0 Å². The largest absolute Gasteiger partial charge is 0.493 e. The molecule has 0 aromatic carbocycles. The molecule has 0 radical (unpaired) electrons. The zero-order valence-electron chi connectivity index (χ0n) is 6.08. The summed E-state index contributed by atoms with van der Waals surface area (Å²) in [4.78, 5) is 10.6. The molecule has 1 aliphatic heterocycles. The number of carboxylic acids is 1. The van der Waals surface area contributed by atoms with Gasteiger partial charge in [-0.2, -0.15) is 0 Å². The molecule has 0 amide bonds. The zero-order valence-corrected chi connectivity index (χ0v) is 7.67. The molecule has 2 atom stereocenters. The topological polar surface area (TPSA) is 46.5 Å². The molecule has 1 aliphatic rings. The van der Waals surface area contributed by atoms with E-state index in [1.165, 1.54) is 6.26 Å². The van der Waals surface area contributed by atoms with Gasteiger partial charge in [0.2, 0.25) is 0 Å². The summed E-state index contributed by atoms with van der Waals surface area (Å²) in [5.74, 6) is -1.39. The second kappa shape index (κ2) is 2.85. The van der Waals surface area contributed by atoms with Crippen molar-refractivity contribution in [2.75, 3.05) is 5.33 Å². The number of hydrogen-bond acceptors (Lipinski definition) is 2. The average Bonchev–Trinajstić information content (AvgIpc) is 2.32. The quantitative estimate of drug-likeness (QED) is 0.716. The summed E-state index contributed by atoms with van der Waals surface area (Å²) < 4.78 is 5.16. The van der Waals surface area contributed by atoms with Crippen molar-refractivity contribution in [3.8, 4) is 0 Å². The number of carbonyl (C=O) groups is 1. The van der Waals surface area contributed by atoms with E-state index in [9.17, 15) is 4.79 Å². The van der Waals surface area contributed by atoms with Crippen LogP contribution < -0.4 is 0 Å². The average molecular weight is 221 g/mol. The summed E-state index contributed by atoms with van der Waals surface area (Å²) in [6.07, 6.45) is 3.00. The highest BCUT2D eigenvalue weighted by molar-refractivity contribution is 9.09. The van der Waals surface area contributed by atoms with Crippen LogP contribution in [-0.2, 0) is 9.53 Å². The van der Waals surface area contributed by atoms with Crippen LogP contribution in [-0.4, -0.2) is 22.0 Å². The summed E-state index contributed by atoms with van der Waals surface area (Å²) in [6.45, 7) is 1.76. The molecule has 1 heterocycles. The maximum absolute atomic E-state index is 10.6. The van der Waals surface area contributed by atoms with Crippen LogP contribution in [0.3, 0.4) is 0 Å². The molecule has 0 spiro atoms. The first-order valence-corrected chi connectivity index (χ1v) is 4.35. The molecule has 3 nitrogen and oxygen atoms in total. The van der Waals surface area contributed by atoms with Crippen molar-refractivity contribution in [1.29, 1.82) is 0 Å². The van der Waals surface area contributed by atoms with Gasteiger partial charge in [-0.25, -0.2) is 0 Å². The lowest BCUT2D eigenvalue weighted by atomic mass is 9.93. The number of ether oxygens (including phenoxy) is 1. The molecule has 0 aromatic heterocycles. The molecule has 0 bridgehead atoms. The van der Waals surface area contributed by atoms with Crippen LogP contribution in [0.15, 0.2) is 12.3 Å². The molecule has 4 heteroatoms. The third-order valence-corrected chi connectivity index (χ3v) is 2.91. The SMILES string of the molecule is CC1(CBr)OC=CC1C(=O)O. The van der Waals surface area contributed by atoms with Gasteiger partial charge in [-0.15, -0.1) is 0 Å². The molecule has 0 saturated carbocycles. The Morgan fingerprint density at radius 2 is 2.55 bits per heavy atom. The minimum atomic E-state index is -0.847. The van der Waals surface area contributed by atoms with E-state index in [4.69, 9.17) is 9.84 Å². The molecule has 0 fully saturated rings. The van der Waals surface area contributed by atoms with E-state index in [0.717, 1.165) is 0 Å². The van der Waals surface area contributed by atoms with Crippen LogP contribution in [0.1, 0.15) is 6.92 Å². The lowest BCUT2D eigenvalue weighted by Gasteiger charge is -2.25. The number of rotatable bonds is 2. The standard InChI is InChI=1S/C7H9BrO3/c1-7(4-8)5(6(9)10)2-3-11-7/h2-3,5H,4H2,1H3,(H,9,10). The Hall–Kier alpha value is -0.510. The lowest BCUT2D eigenvalue weighted by molar-refractivity contribution is -0.145. The van der Waals surface area contributed by atoms with Gasteiger partial charge in [0.05, 0.1) is 6.26 Å². The summed E-state index contributed by atoms with van der Waals surface area (Å²) in [5.41, 5.74) is -0.619. The van der Waals surface area contributed by atoms with E-state index < -0.39 is 17.5 Å². The van der Waals surface area contributed by atoms with Gasteiger partial charge >= 0.3 is 5.97 Å². The molecule has 62 valence electrons. The second-order valence-corrected chi connectivity index (χ2v) is 3.27. The predicted molar refractivity (Wildman–Crippen MR) is 43.5 cm³/mol. The van der Waals surface area contributed by atoms with Crippen molar-refractivity contribution in [3.63, 3.8) is 0 Å². The molecule has 0 aliphatic carbocycles. The Morgan fingerprint density at radius 3 is 2.91 bits per heavy atom. The molecule has 1 rings (SSSR count). The molecule has 2 unspecified atom stereocenters. The van der Waals surface area contributed by atoms with Gasteiger partial charge in [-0.3, -0.25) is 4.79 Å². The number of hydrogen-bond donors (Lipinski definition) is 1. The van der Waals surface area contributed by atoms with Gasteiger partial charge in [-0.05, 0) is 13.0 Å². The van der Waals surface area contributed by atoms with Crippen molar-refractivity contribution in [1.82, 2.24) is 0 Å². The Morgan fingerprint density at radius 1 is 1.91 bits per heavy atom. The van der Waals surface area contributed by atoms with Crippen LogP contribution >= 0.6 is 15.9 Å². The number of carboxylic acid groups (broad SMARTS) is 1. The molecule has 11 heavy (non-hydrogen) atoms. The molecular formula is C7H9BrO3. The Balaban J connectivity index is 2.78. The van der Waals surface area contributed by atoms with Crippen LogP contribution in [0.2, 0.25) is 0 Å². The van der Waals surface area contributed by atoms with Gasteiger partial charge in [0.25, 0.3) is 0 Å². The summed E-state index contributed by atoms with van der Waals surface area (Å²) in [5, 5.41) is 9.25. The molecule has 0 aromatic rings. The van der Waals surface area contributed by atoms with Crippen molar-refractivity contribution in [2.24, 2.45) is 5.92 Å². The van der Waals surface area contributed by atoms with Gasteiger partial charge in [0.15, 0.2) is 0 Å². The zero-order chi connectivity index (χ0) is 8.48. The number of aliphatic carboxylic acids is 1. The summed E-state index contributed by atoms with van der Waals surface area (Å²) in [6, 6.07) is 0. The highest BCUT2D eigenvalue weighted by Gasteiger charge is 2.41. The monoisotopic (exact) mass is 220 g/mol. The van der Waals surface area contributed by atoms with Gasteiger partial charge in [0, 0.05) is 5.33 Å². The van der Waals surface area contributed by atoms with Crippen molar-refractivity contribution >= 4 is 21.9 Å². The van der Waals surface area contributed by atoms with E-state index >= 15 is 0 Å². The molecular weight excluding hydrogens is 212 g/mol. The lowest BCUT2D eigenvalue weighted by Crippen LogP contribution is -2.38. The van der Waals surface area contributed by atoms with Crippen LogP contribution in [0.4, 0.5) is 0 Å². The highest BCUT2D eigenvalue weighted by atomic mass is 79.9. The minimum Gasteiger partial charge on any atom is -0.493 e. The van der Waals surface area contributed by atoms with E-state index in [0.29, 0.717) is 5.33 Å². The fraction of sp³-hybridized carbons (Fsp3) is 0.571. The summed E-state index contributed by atoms with van der Waals surface area (Å²) >= 11 is 3.21. The maximum atomic E-state index is 10.6. The minimum absolute atomic E-state index is 0.518. The summed E-state index contributed by atoms with van der Waals surface area (Å²) in [7, 11) is 0. The molecule has 0 saturated heterocycles. The van der Waals surface area contributed by atoms with E-state index in [2.05, 4.69) is 15.9 Å². The van der Waals surface area contributed by atoms with Crippen LogP contribution in [0, 0.1) is 5.92 Å². The third-order valence-electron chi connectivity index (χ3n) is 1.80. The maximum Gasteiger partial charge on any atom is 0.314 e. The predicted octanol–water partition coefficient (Wildman–Crippen LogP) is 1.38. The van der Waals surface area contributed by atoms with Gasteiger partial charge < -0.3 is 9.84 Å². The third kappa shape index (κ3) is 1.40. The highest BCUT2D eigenvalue weighted by Crippen LogP contribution is 2.31. The van der Waals surface area contributed by atoms with E-state index in [1.54, 1.807) is 13.0 Å². The fourth-order valence-electron chi connectivity index (χ4n) is 1.01. The molecule has 1 N–H and O–H groups in total. The van der Waals surface area contributed by atoms with Crippen molar-refractivity contribution in [3.05, 3.63) is 12.3 Å². The second-order valence-electron chi connectivity index (χ2n) is 2.71. The van der Waals surface area contributed by atoms with E-state index in [1.807, 2.05) is 0 Å². The van der Waals surface area contributed by atoms with Crippen molar-refractivity contribution in [2.45, 2.75) is 12.5 Å². The fourth-order valence-corrected chi connectivity index (χ4v) is 1.49. The van der Waals surface area contributed by atoms with Crippen LogP contribution in [0.25, 0.3) is 0 Å². The first-order valence-electron chi connectivity index (χ1n) is 3.23. The van der Waals surface area contributed by atoms with Gasteiger partial charge in [-0.1, -0.05) is 15.9 Å². The Labute approximate surface area is 73.2 Å². The first kappa shape index (κ1) is 8.59. The Kier molecular flexibility index (Phi) is 2.23. The smallest absolute Gasteiger partial charge is 0.314 e. The number of alkyl halides is 1.